The van der Waals surface area contributed by atoms with Crippen LogP contribution in [0.1, 0.15) is 5.56 Å². The minimum absolute atomic E-state index is 0.864. The lowest BCUT2D eigenvalue weighted by molar-refractivity contribution is 0.224. The first-order chi connectivity index (χ1) is 8.35. The molecule has 0 bridgehead atoms. The van der Waals surface area contributed by atoms with Gasteiger partial charge in [-0.2, -0.15) is 0 Å². The minimum atomic E-state index is 0.864. The number of hydrogen-bond acceptors (Lipinski definition) is 3. The van der Waals surface area contributed by atoms with Crippen molar-refractivity contribution in [2.75, 3.05) is 40.4 Å². The molecule has 1 heterocycles. The van der Waals surface area contributed by atoms with E-state index in [0.29, 0.717) is 0 Å². The van der Waals surface area contributed by atoms with Gasteiger partial charge in [0.05, 0.1) is 19.8 Å². The van der Waals surface area contributed by atoms with E-state index in [1.807, 2.05) is 18.2 Å². The second-order valence-electron chi connectivity index (χ2n) is 4.09. The fraction of sp³-hybridized carbons (Fsp3) is 0.538. The van der Waals surface area contributed by atoms with Gasteiger partial charge in [-0.1, -0.05) is 6.07 Å². The Hall–Kier alpha value is -1.26. The van der Waals surface area contributed by atoms with Gasteiger partial charge in [-0.05, 0) is 12.1 Å². The Kier molecular flexibility index (Phi) is 4.23. The number of rotatable bonds is 4. The van der Waals surface area contributed by atoms with Crippen molar-refractivity contribution in [1.82, 2.24) is 10.2 Å². The predicted octanol–water partition coefficient (Wildman–Crippen LogP) is 1.12. The second-order valence-corrected chi connectivity index (χ2v) is 4.09. The number of hydrogen-bond donors (Lipinski definition) is 0. The third kappa shape index (κ3) is 2.90. The number of piperazine rings is 1. The van der Waals surface area contributed by atoms with Gasteiger partial charge >= 0.3 is 0 Å². The third-order valence-electron chi connectivity index (χ3n) is 3.06. The molecule has 0 amide bonds. The van der Waals surface area contributed by atoms with Crippen LogP contribution in [0.15, 0.2) is 18.2 Å². The minimum Gasteiger partial charge on any atom is -0.496 e. The van der Waals surface area contributed by atoms with Crippen molar-refractivity contribution in [3.05, 3.63) is 23.8 Å². The Balaban J connectivity index is 2.16. The van der Waals surface area contributed by atoms with E-state index in [4.69, 9.17) is 9.47 Å². The monoisotopic (exact) mass is 235 g/mol. The average Bonchev–Trinajstić information content (AvgIpc) is 2.40. The zero-order valence-electron chi connectivity index (χ0n) is 10.5. The molecule has 4 heteroatoms. The van der Waals surface area contributed by atoms with Gasteiger partial charge in [-0.15, -0.1) is 0 Å². The molecule has 1 aliphatic rings. The third-order valence-corrected chi connectivity index (χ3v) is 3.06. The number of nitrogens with zero attached hydrogens (tertiary/aromatic N) is 2. The van der Waals surface area contributed by atoms with Gasteiger partial charge in [0, 0.05) is 32.7 Å². The molecule has 17 heavy (non-hydrogen) atoms. The topological polar surface area (TPSA) is 35.8 Å². The molecular formula is C13H19N2O2. The summed E-state index contributed by atoms with van der Waals surface area (Å²) in [6.45, 7) is 4.75. The molecule has 0 N–H and O–H groups in total. The van der Waals surface area contributed by atoms with E-state index in [-0.39, 0.29) is 0 Å². The molecule has 1 aliphatic heterocycles. The fourth-order valence-corrected chi connectivity index (χ4v) is 2.11. The van der Waals surface area contributed by atoms with Crippen molar-refractivity contribution in [1.29, 1.82) is 0 Å². The molecule has 0 atom stereocenters. The number of ether oxygens (including phenoxy) is 2. The van der Waals surface area contributed by atoms with E-state index >= 15 is 0 Å². The maximum atomic E-state index is 5.40. The summed E-state index contributed by atoms with van der Waals surface area (Å²) in [4.78, 5) is 2.38. The molecule has 1 radical (unpaired) electrons. The van der Waals surface area contributed by atoms with Gasteiger partial charge in [0.1, 0.15) is 11.5 Å². The molecule has 1 fully saturated rings. The van der Waals surface area contributed by atoms with Crippen LogP contribution in [0.5, 0.6) is 11.5 Å². The average molecular weight is 235 g/mol. The summed E-state index contributed by atoms with van der Waals surface area (Å²) < 4.78 is 10.8. The van der Waals surface area contributed by atoms with Crippen LogP contribution in [0.4, 0.5) is 0 Å². The molecule has 93 valence electrons. The highest BCUT2D eigenvalue weighted by Crippen LogP contribution is 2.29. The van der Waals surface area contributed by atoms with Crippen LogP contribution in [-0.2, 0) is 6.54 Å². The molecule has 1 aromatic rings. The molecule has 4 nitrogen and oxygen atoms in total. The van der Waals surface area contributed by atoms with Gasteiger partial charge in [0.25, 0.3) is 0 Å². The lowest BCUT2D eigenvalue weighted by atomic mass is 10.1. The first kappa shape index (κ1) is 12.2. The molecule has 0 saturated carbocycles. The van der Waals surface area contributed by atoms with Crippen molar-refractivity contribution < 1.29 is 9.47 Å². The molecule has 0 spiro atoms. The van der Waals surface area contributed by atoms with Crippen LogP contribution in [-0.4, -0.2) is 45.3 Å². The van der Waals surface area contributed by atoms with E-state index in [0.717, 1.165) is 49.8 Å². The summed E-state index contributed by atoms with van der Waals surface area (Å²) in [7, 11) is 3.40. The molecular weight excluding hydrogens is 216 g/mol. The quantitative estimate of drug-likeness (QED) is 0.784. The van der Waals surface area contributed by atoms with Crippen molar-refractivity contribution >= 4 is 0 Å². The number of methoxy groups -OCH3 is 2. The zero-order chi connectivity index (χ0) is 12.1. The van der Waals surface area contributed by atoms with E-state index in [1.165, 1.54) is 0 Å². The van der Waals surface area contributed by atoms with Gasteiger partial charge in [-0.3, -0.25) is 4.90 Å². The Labute approximate surface area is 103 Å². The van der Waals surface area contributed by atoms with E-state index in [2.05, 4.69) is 10.2 Å². The number of benzene rings is 1. The Morgan fingerprint density at radius 3 is 2.24 bits per heavy atom. The first-order valence-corrected chi connectivity index (χ1v) is 5.90. The molecule has 1 saturated heterocycles. The van der Waals surface area contributed by atoms with Crippen molar-refractivity contribution in [3.8, 4) is 11.5 Å². The standard InChI is InChI=1S/C13H19N2O2/c1-16-12-4-3-5-13(17-2)11(12)10-15-8-6-14-7-9-15/h3-5H,6-10H2,1-2H3. The lowest BCUT2D eigenvalue weighted by Crippen LogP contribution is -2.39. The van der Waals surface area contributed by atoms with E-state index in [9.17, 15) is 0 Å². The normalized spacial score (nSPS) is 16.8. The van der Waals surface area contributed by atoms with Crippen molar-refractivity contribution in [3.63, 3.8) is 0 Å². The summed E-state index contributed by atoms with van der Waals surface area (Å²) in [5.74, 6) is 1.79. The molecule has 0 aromatic heterocycles. The SMILES string of the molecule is COc1cccc(OC)c1CN1CC[N]CC1. The van der Waals surface area contributed by atoms with Gasteiger partial charge in [-0.25, -0.2) is 5.32 Å². The van der Waals surface area contributed by atoms with Crippen molar-refractivity contribution in [2.45, 2.75) is 6.54 Å². The van der Waals surface area contributed by atoms with Crippen LogP contribution in [0.25, 0.3) is 0 Å². The predicted molar refractivity (Wildman–Crippen MR) is 66.7 cm³/mol. The highest BCUT2D eigenvalue weighted by molar-refractivity contribution is 5.44. The van der Waals surface area contributed by atoms with Crippen LogP contribution >= 0.6 is 0 Å². The zero-order valence-corrected chi connectivity index (χ0v) is 10.5. The van der Waals surface area contributed by atoms with Gasteiger partial charge in [0.15, 0.2) is 0 Å². The maximum Gasteiger partial charge on any atom is 0.127 e. The van der Waals surface area contributed by atoms with Gasteiger partial charge < -0.3 is 9.47 Å². The van der Waals surface area contributed by atoms with E-state index in [1.54, 1.807) is 14.2 Å². The van der Waals surface area contributed by atoms with E-state index < -0.39 is 0 Å². The molecule has 2 rings (SSSR count). The van der Waals surface area contributed by atoms with Crippen LogP contribution < -0.4 is 14.8 Å². The Morgan fingerprint density at radius 1 is 1.12 bits per heavy atom. The summed E-state index contributed by atoms with van der Waals surface area (Å²) in [6, 6.07) is 5.91. The summed E-state index contributed by atoms with van der Waals surface area (Å²) in [5, 5.41) is 4.35. The Bertz CT molecular complexity index is 340. The summed E-state index contributed by atoms with van der Waals surface area (Å²) in [5.41, 5.74) is 1.12. The highest BCUT2D eigenvalue weighted by atomic mass is 16.5. The molecule has 0 unspecified atom stereocenters. The van der Waals surface area contributed by atoms with Crippen LogP contribution in [0.2, 0.25) is 0 Å². The lowest BCUT2D eigenvalue weighted by Gasteiger charge is -2.27. The molecule has 0 aliphatic carbocycles. The molecule has 1 aromatic carbocycles. The van der Waals surface area contributed by atoms with Crippen molar-refractivity contribution in [2.24, 2.45) is 0 Å². The van der Waals surface area contributed by atoms with Gasteiger partial charge in [0.2, 0.25) is 0 Å². The Morgan fingerprint density at radius 2 is 1.71 bits per heavy atom. The maximum absolute atomic E-state index is 5.40. The fourth-order valence-electron chi connectivity index (χ4n) is 2.11. The largest absolute Gasteiger partial charge is 0.496 e. The summed E-state index contributed by atoms with van der Waals surface area (Å²) >= 11 is 0. The van der Waals surface area contributed by atoms with Crippen LogP contribution in [0.3, 0.4) is 0 Å². The second kappa shape index (κ2) is 5.89. The smallest absolute Gasteiger partial charge is 0.127 e. The highest BCUT2D eigenvalue weighted by Gasteiger charge is 2.16. The van der Waals surface area contributed by atoms with Crippen LogP contribution in [0, 0.1) is 0 Å². The first-order valence-electron chi connectivity index (χ1n) is 5.90. The summed E-state index contributed by atoms with van der Waals surface area (Å²) in [6.07, 6.45) is 0.